The molecular formula is C19H20O3. The highest BCUT2D eigenvalue weighted by Crippen LogP contribution is 2.55. The molecule has 3 aliphatic rings. The lowest BCUT2D eigenvalue weighted by atomic mass is 9.67. The van der Waals surface area contributed by atoms with Gasteiger partial charge in [0.15, 0.2) is 0 Å². The van der Waals surface area contributed by atoms with Crippen molar-refractivity contribution in [2.75, 3.05) is 7.11 Å². The predicted molar refractivity (Wildman–Crippen MR) is 85.1 cm³/mol. The van der Waals surface area contributed by atoms with E-state index < -0.39 is 0 Å². The quantitative estimate of drug-likeness (QED) is 0.787. The fourth-order valence-electron chi connectivity index (χ4n) is 4.12. The van der Waals surface area contributed by atoms with Crippen LogP contribution in [0.5, 0.6) is 11.5 Å². The van der Waals surface area contributed by atoms with Crippen LogP contribution in [0.4, 0.5) is 0 Å². The Morgan fingerprint density at radius 1 is 1.36 bits per heavy atom. The van der Waals surface area contributed by atoms with Crippen molar-refractivity contribution in [2.45, 2.75) is 39.2 Å². The average molecular weight is 296 g/mol. The zero-order chi connectivity index (χ0) is 15.5. The van der Waals surface area contributed by atoms with Gasteiger partial charge in [0.25, 0.3) is 0 Å². The summed E-state index contributed by atoms with van der Waals surface area (Å²) < 4.78 is 11.4. The number of methoxy groups -OCH3 is 1. The van der Waals surface area contributed by atoms with Crippen LogP contribution in [0.15, 0.2) is 35.4 Å². The summed E-state index contributed by atoms with van der Waals surface area (Å²) in [4.78, 5) is 12.3. The summed E-state index contributed by atoms with van der Waals surface area (Å²) in [5, 5.41) is 0. The third kappa shape index (κ3) is 1.65. The smallest absolute Gasteiger partial charge is 0.146 e. The van der Waals surface area contributed by atoms with Gasteiger partial charge in [0.2, 0.25) is 0 Å². The number of carbonyl (C=O) groups excluding carboxylic acids is 1. The molecule has 1 aromatic rings. The first-order chi connectivity index (χ1) is 10.5. The lowest BCUT2D eigenvalue weighted by Gasteiger charge is -2.40. The Morgan fingerprint density at radius 2 is 2.18 bits per heavy atom. The molecule has 0 fully saturated rings. The summed E-state index contributed by atoms with van der Waals surface area (Å²) in [5.41, 5.74) is 4.62. The average Bonchev–Trinajstić information content (AvgIpc) is 2.82. The topological polar surface area (TPSA) is 35.5 Å². The first-order valence-corrected chi connectivity index (χ1v) is 7.87. The van der Waals surface area contributed by atoms with Gasteiger partial charge in [0, 0.05) is 18.1 Å². The number of carbonyl (C=O) groups is 1. The Morgan fingerprint density at radius 3 is 2.95 bits per heavy atom. The van der Waals surface area contributed by atoms with Gasteiger partial charge in [-0.3, -0.25) is 4.79 Å². The molecule has 1 aromatic carbocycles. The second-order valence-corrected chi connectivity index (χ2v) is 6.59. The van der Waals surface area contributed by atoms with Gasteiger partial charge in [0.05, 0.1) is 12.5 Å². The fourth-order valence-corrected chi connectivity index (χ4v) is 4.12. The van der Waals surface area contributed by atoms with E-state index in [0.717, 1.165) is 29.9 Å². The van der Waals surface area contributed by atoms with Gasteiger partial charge in [-0.25, -0.2) is 0 Å². The Balaban J connectivity index is 1.89. The van der Waals surface area contributed by atoms with Crippen LogP contribution in [0.3, 0.4) is 0 Å². The molecule has 0 N–H and O–H groups in total. The molecule has 1 aliphatic heterocycles. The second kappa shape index (κ2) is 4.48. The molecule has 114 valence electrons. The molecule has 0 saturated heterocycles. The number of rotatable bonds is 1. The van der Waals surface area contributed by atoms with E-state index in [1.807, 2.05) is 12.1 Å². The molecule has 1 heterocycles. The third-order valence-corrected chi connectivity index (χ3v) is 5.42. The van der Waals surface area contributed by atoms with Gasteiger partial charge in [0.1, 0.15) is 23.4 Å². The van der Waals surface area contributed by atoms with Gasteiger partial charge in [-0.15, -0.1) is 0 Å². The maximum Gasteiger partial charge on any atom is 0.146 e. The largest absolute Gasteiger partial charge is 0.497 e. The Hall–Kier alpha value is -2.03. The molecule has 4 rings (SSSR count). The summed E-state index contributed by atoms with van der Waals surface area (Å²) in [6, 6.07) is 6.01. The summed E-state index contributed by atoms with van der Waals surface area (Å²) >= 11 is 0. The van der Waals surface area contributed by atoms with Crippen molar-refractivity contribution >= 4 is 11.4 Å². The molecule has 0 radical (unpaired) electrons. The van der Waals surface area contributed by atoms with Crippen molar-refractivity contribution in [3.63, 3.8) is 0 Å². The number of allylic oxidation sites excluding steroid dienone is 2. The highest BCUT2D eigenvalue weighted by Gasteiger charge is 2.47. The lowest BCUT2D eigenvalue weighted by molar-refractivity contribution is -0.124. The molecule has 2 aliphatic carbocycles. The van der Waals surface area contributed by atoms with Crippen LogP contribution in [0, 0.1) is 5.41 Å². The van der Waals surface area contributed by atoms with E-state index in [0.29, 0.717) is 12.2 Å². The van der Waals surface area contributed by atoms with E-state index >= 15 is 0 Å². The number of hydrogen-bond donors (Lipinski definition) is 0. The van der Waals surface area contributed by atoms with Crippen molar-refractivity contribution in [3.05, 3.63) is 41.0 Å². The van der Waals surface area contributed by atoms with Crippen LogP contribution in [-0.4, -0.2) is 19.0 Å². The monoisotopic (exact) mass is 296 g/mol. The molecule has 2 atom stereocenters. The normalized spacial score (nSPS) is 29.3. The van der Waals surface area contributed by atoms with Crippen molar-refractivity contribution in [2.24, 2.45) is 5.41 Å². The van der Waals surface area contributed by atoms with Crippen molar-refractivity contribution in [1.29, 1.82) is 0 Å². The number of Topliss-reactive ketones (excluding diaryl/α,β-unsaturated/α-hetero) is 1. The van der Waals surface area contributed by atoms with Crippen LogP contribution in [-0.2, 0) is 4.79 Å². The van der Waals surface area contributed by atoms with Gasteiger partial charge in [-0.05, 0) is 55.5 Å². The number of ketones is 1. The van der Waals surface area contributed by atoms with Crippen LogP contribution < -0.4 is 9.47 Å². The van der Waals surface area contributed by atoms with Crippen LogP contribution in [0.2, 0.25) is 0 Å². The zero-order valence-electron chi connectivity index (χ0n) is 13.2. The summed E-state index contributed by atoms with van der Waals surface area (Å²) in [7, 11) is 1.67. The van der Waals surface area contributed by atoms with Crippen molar-refractivity contribution in [3.8, 4) is 11.5 Å². The fraction of sp³-hybridized carbons (Fsp3) is 0.421. The second-order valence-electron chi connectivity index (χ2n) is 6.59. The number of hydrogen-bond acceptors (Lipinski definition) is 3. The van der Waals surface area contributed by atoms with Gasteiger partial charge in [-0.2, -0.15) is 0 Å². The van der Waals surface area contributed by atoms with Gasteiger partial charge < -0.3 is 9.47 Å². The molecule has 3 heteroatoms. The summed E-state index contributed by atoms with van der Waals surface area (Å²) in [6.07, 6.45) is 4.48. The molecule has 0 aromatic heterocycles. The molecule has 3 nitrogen and oxygen atoms in total. The summed E-state index contributed by atoms with van der Waals surface area (Å²) in [5.74, 6) is 2.05. The maximum absolute atomic E-state index is 12.3. The van der Waals surface area contributed by atoms with Crippen molar-refractivity contribution in [1.82, 2.24) is 0 Å². The first-order valence-electron chi connectivity index (χ1n) is 7.87. The zero-order valence-corrected chi connectivity index (χ0v) is 13.2. The number of fused-ring (bicyclic) bond motifs is 4. The van der Waals surface area contributed by atoms with E-state index in [9.17, 15) is 4.79 Å². The molecular weight excluding hydrogens is 276 g/mol. The van der Waals surface area contributed by atoms with E-state index in [2.05, 4.69) is 26.0 Å². The molecule has 0 unspecified atom stereocenters. The minimum absolute atomic E-state index is 0.0219. The highest BCUT2D eigenvalue weighted by atomic mass is 16.5. The van der Waals surface area contributed by atoms with E-state index in [-0.39, 0.29) is 11.5 Å². The standard InChI is InChI=1S/C19H20O3/c1-11-18-14(8-9-19(2)15(18)6-7-17(19)20)13-5-4-12(21-3)10-16(13)22-11/h4-6,10-11H,7-9H2,1-3H3/t11-,19+/m1/s1. The Labute approximate surface area is 130 Å². The molecule has 0 bridgehead atoms. The summed E-state index contributed by atoms with van der Waals surface area (Å²) in [6.45, 7) is 4.17. The molecule has 0 saturated carbocycles. The van der Waals surface area contributed by atoms with Crippen LogP contribution >= 0.6 is 0 Å². The number of ether oxygens (including phenoxy) is 2. The lowest BCUT2D eigenvalue weighted by Crippen LogP contribution is -2.35. The van der Waals surface area contributed by atoms with Crippen LogP contribution in [0.25, 0.3) is 5.57 Å². The maximum atomic E-state index is 12.3. The van der Waals surface area contributed by atoms with Crippen molar-refractivity contribution < 1.29 is 14.3 Å². The Bertz CT molecular complexity index is 741. The molecule has 0 spiro atoms. The van der Waals surface area contributed by atoms with E-state index in [4.69, 9.17) is 9.47 Å². The minimum Gasteiger partial charge on any atom is -0.497 e. The first kappa shape index (κ1) is 13.6. The van der Waals surface area contributed by atoms with Gasteiger partial charge >= 0.3 is 0 Å². The van der Waals surface area contributed by atoms with Gasteiger partial charge in [-0.1, -0.05) is 6.08 Å². The SMILES string of the molecule is COc1ccc2c(c1)O[C@H](C)C1=C2CC[C@]2(C)C(=O)CC=C12. The third-order valence-electron chi connectivity index (χ3n) is 5.42. The molecule has 22 heavy (non-hydrogen) atoms. The highest BCUT2D eigenvalue weighted by molar-refractivity contribution is 5.97. The Kier molecular flexibility index (Phi) is 2.77. The number of benzene rings is 1. The van der Waals surface area contributed by atoms with Crippen LogP contribution in [0.1, 0.15) is 38.7 Å². The molecule has 0 amide bonds. The van der Waals surface area contributed by atoms with E-state index in [1.165, 1.54) is 16.7 Å². The minimum atomic E-state index is -0.305. The van der Waals surface area contributed by atoms with E-state index in [1.54, 1.807) is 7.11 Å². The predicted octanol–water partition coefficient (Wildman–Crippen LogP) is 3.93.